The van der Waals surface area contributed by atoms with Crippen molar-refractivity contribution in [1.82, 2.24) is 9.80 Å². The van der Waals surface area contributed by atoms with Crippen molar-refractivity contribution in [3.63, 3.8) is 0 Å². The molecule has 1 aromatic carbocycles. The number of piperidine rings is 1. The lowest BCUT2D eigenvalue weighted by molar-refractivity contribution is 0.0583. The Morgan fingerprint density at radius 2 is 1.84 bits per heavy atom. The molecule has 0 N–H and O–H groups in total. The molecule has 4 heteroatoms. The molecule has 0 spiro atoms. The van der Waals surface area contributed by atoms with Gasteiger partial charge in [-0.05, 0) is 41.9 Å². The lowest BCUT2D eigenvalue weighted by Gasteiger charge is -2.38. The molecule has 4 nitrogen and oxygen atoms in total. The van der Waals surface area contributed by atoms with Crippen molar-refractivity contribution < 1.29 is 9.59 Å². The largest absolute Gasteiger partial charge is 0.341 e. The summed E-state index contributed by atoms with van der Waals surface area (Å²) in [4.78, 5) is 29.2. The van der Waals surface area contributed by atoms with Gasteiger partial charge in [0.2, 0.25) is 0 Å². The molecule has 0 bridgehead atoms. The Morgan fingerprint density at radius 3 is 2.44 bits per heavy atom. The van der Waals surface area contributed by atoms with E-state index in [1.54, 1.807) is 23.1 Å². The summed E-state index contributed by atoms with van der Waals surface area (Å²) in [6, 6.07) is 7.15. The Bertz CT molecular complexity index is 644. The summed E-state index contributed by atoms with van der Waals surface area (Å²) in [6.45, 7) is 13.0. The van der Waals surface area contributed by atoms with Gasteiger partial charge in [-0.1, -0.05) is 40.7 Å². The first-order chi connectivity index (χ1) is 11.5. The van der Waals surface area contributed by atoms with Crippen LogP contribution in [0.1, 0.15) is 68.2 Å². The van der Waals surface area contributed by atoms with E-state index in [9.17, 15) is 9.59 Å². The molecule has 0 atom stereocenters. The minimum Gasteiger partial charge on any atom is -0.341 e. The molecular formula is C21H32N2O2. The van der Waals surface area contributed by atoms with Crippen LogP contribution in [0.4, 0.5) is 0 Å². The number of carbonyl (C=O) groups is 2. The van der Waals surface area contributed by atoms with Gasteiger partial charge in [0.15, 0.2) is 0 Å². The lowest BCUT2D eigenvalue weighted by atomic mass is 9.84. The molecule has 1 fully saturated rings. The highest BCUT2D eigenvalue weighted by Gasteiger charge is 2.30. The molecule has 1 aromatic rings. The smallest absolute Gasteiger partial charge is 0.253 e. The van der Waals surface area contributed by atoms with Gasteiger partial charge in [0.1, 0.15) is 0 Å². The molecule has 0 aliphatic carbocycles. The molecule has 25 heavy (non-hydrogen) atoms. The number of carbonyl (C=O) groups excluding carboxylic acids is 2. The molecule has 1 heterocycles. The summed E-state index contributed by atoms with van der Waals surface area (Å²) >= 11 is 0. The number of nitrogens with zero attached hydrogens (tertiary/aromatic N) is 2. The Hall–Kier alpha value is -1.84. The van der Waals surface area contributed by atoms with E-state index in [1.165, 1.54) is 0 Å². The SMILES string of the molecule is CN(CC(C)(C)C)C(=O)c1cccc(C(=O)N2CCCC(C)(C)C2)c1. The standard InChI is InChI=1S/C21H32N2O2/c1-20(2,3)14-22(6)18(24)16-9-7-10-17(13-16)19(25)23-12-8-11-21(4,5)15-23/h7,9-10,13H,8,11-12,14-15H2,1-6H3. The monoisotopic (exact) mass is 344 g/mol. The second kappa shape index (κ2) is 7.19. The van der Waals surface area contributed by atoms with Gasteiger partial charge >= 0.3 is 0 Å². The minimum atomic E-state index is -0.0384. The number of hydrogen-bond donors (Lipinski definition) is 0. The van der Waals surface area contributed by atoms with Crippen LogP contribution in [0.15, 0.2) is 24.3 Å². The van der Waals surface area contributed by atoms with E-state index in [4.69, 9.17) is 0 Å². The quantitative estimate of drug-likeness (QED) is 0.829. The van der Waals surface area contributed by atoms with Crippen LogP contribution >= 0.6 is 0 Å². The predicted molar refractivity (Wildman–Crippen MR) is 102 cm³/mol. The zero-order valence-electron chi connectivity index (χ0n) is 16.6. The Morgan fingerprint density at radius 1 is 1.20 bits per heavy atom. The van der Waals surface area contributed by atoms with Gasteiger partial charge in [0.25, 0.3) is 11.8 Å². The highest BCUT2D eigenvalue weighted by molar-refractivity contribution is 5.99. The van der Waals surface area contributed by atoms with E-state index in [0.29, 0.717) is 17.7 Å². The number of likely N-dealkylation sites (tertiary alicyclic amines) is 1. The third-order valence-corrected chi connectivity index (χ3v) is 4.60. The molecule has 2 rings (SSSR count). The van der Waals surface area contributed by atoms with Gasteiger partial charge in [0.05, 0.1) is 0 Å². The summed E-state index contributed by atoms with van der Waals surface area (Å²) in [5, 5.41) is 0. The van der Waals surface area contributed by atoms with Crippen LogP contribution in [-0.2, 0) is 0 Å². The van der Waals surface area contributed by atoms with E-state index in [1.807, 2.05) is 18.0 Å². The molecule has 0 aromatic heterocycles. The van der Waals surface area contributed by atoms with Crippen LogP contribution < -0.4 is 0 Å². The van der Waals surface area contributed by atoms with Crippen molar-refractivity contribution in [2.75, 3.05) is 26.7 Å². The lowest BCUT2D eigenvalue weighted by Crippen LogP contribution is -2.43. The molecule has 0 saturated carbocycles. The molecule has 1 saturated heterocycles. The molecular weight excluding hydrogens is 312 g/mol. The highest BCUT2D eigenvalue weighted by atomic mass is 16.2. The first kappa shape index (κ1) is 19.5. The van der Waals surface area contributed by atoms with Crippen LogP contribution in [0.2, 0.25) is 0 Å². The van der Waals surface area contributed by atoms with Crippen molar-refractivity contribution in [2.45, 2.75) is 47.5 Å². The van der Waals surface area contributed by atoms with Crippen LogP contribution in [0.25, 0.3) is 0 Å². The minimum absolute atomic E-state index is 0.0286. The number of benzene rings is 1. The fraction of sp³-hybridized carbons (Fsp3) is 0.619. The van der Waals surface area contributed by atoms with E-state index >= 15 is 0 Å². The number of amides is 2. The maximum absolute atomic E-state index is 12.9. The van der Waals surface area contributed by atoms with Gasteiger partial charge in [0, 0.05) is 37.8 Å². The second-order valence-corrected chi connectivity index (χ2v) is 9.30. The van der Waals surface area contributed by atoms with E-state index in [2.05, 4.69) is 34.6 Å². The third-order valence-electron chi connectivity index (χ3n) is 4.60. The molecule has 0 radical (unpaired) electrons. The topological polar surface area (TPSA) is 40.6 Å². The highest BCUT2D eigenvalue weighted by Crippen LogP contribution is 2.29. The van der Waals surface area contributed by atoms with Crippen molar-refractivity contribution in [2.24, 2.45) is 10.8 Å². The van der Waals surface area contributed by atoms with Crippen LogP contribution in [0.3, 0.4) is 0 Å². The molecule has 1 aliphatic rings. The van der Waals surface area contributed by atoms with Gasteiger partial charge in [-0.2, -0.15) is 0 Å². The van der Waals surface area contributed by atoms with Gasteiger partial charge in [-0.3, -0.25) is 9.59 Å². The summed E-state index contributed by atoms with van der Waals surface area (Å²) in [7, 11) is 1.81. The average Bonchev–Trinajstić information content (AvgIpc) is 2.51. The van der Waals surface area contributed by atoms with E-state index < -0.39 is 0 Å². The Balaban J connectivity index is 2.15. The molecule has 138 valence electrons. The first-order valence-corrected chi connectivity index (χ1v) is 9.13. The summed E-state index contributed by atoms with van der Waals surface area (Å²) in [6.07, 6.45) is 2.18. The second-order valence-electron chi connectivity index (χ2n) is 9.30. The average molecular weight is 344 g/mol. The van der Waals surface area contributed by atoms with Crippen LogP contribution in [-0.4, -0.2) is 48.3 Å². The predicted octanol–water partition coefficient (Wildman–Crippen LogP) is 4.07. The van der Waals surface area contributed by atoms with Gasteiger partial charge < -0.3 is 9.80 Å². The maximum atomic E-state index is 12.9. The summed E-state index contributed by atoms with van der Waals surface area (Å²) < 4.78 is 0. The Kier molecular flexibility index (Phi) is 5.60. The fourth-order valence-electron chi connectivity index (χ4n) is 3.57. The zero-order valence-corrected chi connectivity index (χ0v) is 16.6. The zero-order chi connectivity index (χ0) is 18.8. The van der Waals surface area contributed by atoms with E-state index in [0.717, 1.165) is 25.9 Å². The molecule has 1 aliphatic heterocycles. The van der Waals surface area contributed by atoms with Gasteiger partial charge in [-0.25, -0.2) is 0 Å². The fourth-order valence-corrected chi connectivity index (χ4v) is 3.57. The van der Waals surface area contributed by atoms with Crippen molar-refractivity contribution in [3.8, 4) is 0 Å². The van der Waals surface area contributed by atoms with Crippen molar-refractivity contribution in [3.05, 3.63) is 35.4 Å². The maximum Gasteiger partial charge on any atom is 0.253 e. The van der Waals surface area contributed by atoms with Crippen LogP contribution in [0, 0.1) is 10.8 Å². The van der Waals surface area contributed by atoms with Crippen molar-refractivity contribution >= 4 is 11.8 Å². The number of hydrogen-bond acceptors (Lipinski definition) is 2. The third kappa shape index (κ3) is 5.32. The Labute approximate surface area is 152 Å². The van der Waals surface area contributed by atoms with Crippen LogP contribution in [0.5, 0.6) is 0 Å². The van der Waals surface area contributed by atoms with Crippen molar-refractivity contribution in [1.29, 1.82) is 0 Å². The normalized spacial score (nSPS) is 17.3. The summed E-state index contributed by atoms with van der Waals surface area (Å²) in [5.41, 5.74) is 1.38. The van der Waals surface area contributed by atoms with Gasteiger partial charge in [-0.15, -0.1) is 0 Å². The first-order valence-electron chi connectivity index (χ1n) is 9.13. The summed E-state index contributed by atoms with van der Waals surface area (Å²) in [5.74, 6) is -0.00977. The number of rotatable bonds is 3. The molecule has 2 amide bonds. The molecule has 0 unspecified atom stereocenters. The van der Waals surface area contributed by atoms with E-state index in [-0.39, 0.29) is 22.6 Å².